The van der Waals surface area contributed by atoms with Crippen LogP contribution in [-0.4, -0.2) is 26.9 Å². The fourth-order valence-corrected chi connectivity index (χ4v) is 1.28. The van der Waals surface area contributed by atoms with Crippen LogP contribution in [0.5, 0.6) is 0 Å². The third-order valence-electron chi connectivity index (χ3n) is 2.29. The van der Waals surface area contributed by atoms with E-state index in [1.807, 2.05) is 13.8 Å². The van der Waals surface area contributed by atoms with Gasteiger partial charge in [0.05, 0.1) is 0 Å². The molecule has 2 aromatic rings. The van der Waals surface area contributed by atoms with Gasteiger partial charge in [0.1, 0.15) is 5.69 Å². The van der Waals surface area contributed by atoms with Crippen LogP contribution in [-0.2, 0) is 6.42 Å². The number of hydrogen-bond donors (Lipinski definition) is 2. The van der Waals surface area contributed by atoms with E-state index < -0.39 is 0 Å². The van der Waals surface area contributed by atoms with Crippen molar-refractivity contribution < 1.29 is 4.52 Å². The molecule has 2 aromatic heterocycles. The molecule has 0 aliphatic heterocycles. The molecule has 0 bridgehead atoms. The zero-order chi connectivity index (χ0) is 10.8. The molecule has 6 nitrogen and oxygen atoms in total. The number of hydrogen-bond acceptors (Lipinski definition) is 5. The molecule has 2 rings (SSSR count). The highest BCUT2D eigenvalue weighted by Gasteiger charge is 2.14. The Morgan fingerprint density at radius 2 is 2.20 bits per heavy atom. The van der Waals surface area contributed by atoms with Gasteiger partial charge in [-0.1, -0.05) is 5.16 Å². The Kier molecular flexibility index (Phi) is 2.51. The maximum atomic E-state index is 5.39. The summed E-state index contributed by atoms with van der Waals surface area (Å²) in [6, 6.07) is 0. The topological polar surface area (TPSA) is 93.6 Å². The van der Waals surface area contributed by atoms with Crippen LogP contribution < -0.4 is 5.73 Å². The molecule has 0 saturated heterocycles. The van der Waals surface area contributed by atoms with Gasteiger partial charge in [0, 0.05) is 24.2 Å². The number of nitrogens with zero attached hydrogens (tertiary/aromatic N) is 3. The lowest BCUT2D eigenvalue weighted by molar-refractivity contribution is 0.380. The molecule has 0 saturated carbocycles. The fourth-order valence-electron chi connectivity index (χ4n) is 1.28. The van der Waals surface area contributed by atoms with Gasteiger partial charge >= 0.3 is 0 Å². The van der Waals surface area contributed by atoms with Crippen LogP contribution in [0.4, 0.5) is 0 Å². The number of aromatic amines is 1. The predicted molar refractivity (Wildman–Crippen MR) is 54.1 cm³/mol. The lowest BCUT2D eigenvalue weighted by atomic mass is 10.2. The van der Waals surface area contributed by atoms with Crippen molar-refractivity contribution in [3.05, 3.63) is 17.1 Å². The summed E-state index contributed by atoms with van der Waals surface area (Å²) in [4.78, 5) is 4.20. The predicted octanol–water partition coefficient (Wildman–Crippen LogP) is 0.578. The van der Waals surface area contributed by atoms with Crippen LogP contribution in [0.2, 0.25) is 0 Å². The second-order valence-corrected chi connectivity index (χ2v) is 3.37. The summed E-state index contributed by atoms with van der Waals surface area (Å²) in [5.41, 5.74) is 8.18. The minimum absolute atomic E-state index is 0.500. The highest BCUT2D eigenvalue weighted by atomic mass is 16.5. The summed E-state index contributed by atoms with van der Waals surface area (Å²) >= 11 is 0. The molecule has 3 N–H and O–H groups in total. The molecule has 0 unspecified atom stereocenters. The molecule has 0 radical (unpaired) electrons. The molecule has 0 atom stereocenters. The Hall–Kier alpha value is -1.69. The molecule has 6 heteroatoms. The van der Waals surface area contributed by atoms with Gasteiger partial charge in [0.25, 0.3) is 0 Å². The molecule has 0 amide bonds. The van der Waals surface area contributed by atoms with E-state index in [4.69, 9.17) is 10.3 Å². The average Bonchev–Trinajstić information content (AvgIpc) is 2.77. The molecule has 0 aliphatic rings. The van der Waals surface area contributed by atoms with E-state index >= 15 is 0 Å². The van der Waals surface area contributed by atoms with Gasteiger partial charge in [-0.3, -0.25) is 5.10 Å². The zero-order valence-corrected chi connectivity index (χ0v) is 8.74. The normalized spacial score (nSPS) is 10.9. The maximum Gasteiger partial charge on any atom is 0.228 e. The van der Waals surface area contributed by atoms with E-state index in [9.17, 15) is 0 Å². The van der Waals surface area contributed by atoms with Crippen LogP contribution in [0, 0.1) is 13.8 Å². The highest BCUT2D eigenvalue weighted by Crippen LogP contribution is 2.19. The third-order valence-corrected chi connectivity index (χ3v) is 2.29. The van der Waals surface area contributed by atoms with Gasteiger partial charge in [-0.2, -0.15) is 10.1 Å². The first-order valence-electron chi connectivity index (χ1n) is 4.77. The minimum atomic E-state index is 0.500. The fraction of sp³-hybridized carbons (Fsp3) is 0.444. The van der Waals surface area contributed by atoms with Gasteiger partial charge in [-0.25, -0.2) is 0 Å². The van der Waals surface area contributed by atoms with Crippen molar-refractivity contribution in [2.45, 2.75) is 20.3 Å². The molecule has 0 spiro atoms. The van der Waals surface area contributed by atoms with Crippen molar-refractivity contribution >= 4 is 0 Å². The van der Waals surface area contributed by atoms with Gasteiger partial charge in [-0.05, 0) is 13.8 Å². The molecule has 0 aliphatic carbocycles. The van der Waals surface area contributed by atoms with Crippen LogP contribution in [0.1, 0.15) is 17.1 Å². The standard InChI is InChI=1S/C9H13N5O/c1-5-6(2)12-13-8(5)9-11-7(3-4-10)15-14-9/h3-4,10H2,1-2H3,(H,12,13). The number of nitrogens with one attached hydrogen (secondary N) is 1. The van der Waals surface area contributed by atoms with Gasteiger partial charge in [0.2, 0.25) is 11.7 Å². The first kappa shape index (κ1) is 9.85. The van der Waals surface area contributed by atoms with Crippen molar-refractivity contribution in [1.82, 2.24) is 20.3 Å². The van der Waals surface area contributed by atoms with Crippen LogP contribution in [0.25, 0.3) is 11.5 Å². The van der Waals surface area contributed by atoms with E-state index in [2.05, 4.69) is 20.3 Å². The molecule has 2 heterocycles. The molecule has 80 valence electrons. The molecular formula is C9H13N5O. The van der Waals surface area contributed by atoms with Crippen molar-refractivity contribution in [2.75, 3.05) is 6.54 Å². The summed E-state index contributed by atoms with van der Waals surface area (Å²) in [6.45, 7) is 4.42. The van der Waals surface area contributed by atoms with E-state index in [1.165, 1.54) is 0 Å². The second kappa shape index (κ2) is 3.82. The Balaban J connectivity index is 2.33. The first-order chi connectivity index (χ1) is 7.22. The van der Waals surface area contributed by atoms with Gasteiger partial charge < -0.3 is 10.3 Å². The van der Waals surface area contributed by atoms with E-state index in [-0.39, 0.29) is 0 Å². The Morgan fingerprint density at radius 1 is 1.40 bits per heavy atom. The first-order valence-corrected chi connectivity index (χ1v) is 4.77. The van der Waals surface area contributed by atoms with Crippen molar-refractivity contribution in [1.29, 1.82) is 0 Å². The Labute approximate surface area is 86.9 Å². The quantitative estimate of drug-likeness (QED) is 0.767. The lowest BCUT2D eigenvalue weighted by Crippen LogP contribution is -2.02. The average molecular weight is 207 g/mol. The van der Waals surface area contributed by atoms with Crippen molar-refractivity contribution in [3.63, 3.8) is 0 Å². The van der Waals surface area contributed by atoms with Crippen LogP contribution >= 0.6 is 0 Å². The summed E-state index contributed by atoms with van der Waals surface area (Å²) in [5, 5.41) is 10.9. The number of aryl methyl sites for hydroxylation is 1. The Bertz CT molecular complexity index is 459. The summed E-state index contributed by atoms with van der Waals surface area (Å²) in [7, 11) is 0. The van der Waals surface area contributed by atoms with Gasteiger partial charge in [0.15, 0.2) is 0 Å². The second-order valence-electron chi connectivity index (χ2n) is 3.37. The highest BCUT2D eigenvalue weighted by molar-refractivity contribution is 5.54. The van der Waals surface area contributed by atoms with Crippen molar-refractivity contribution in [3.8, 4) is 11.5 Å². The number of rotatable bonds is 3. The minimum Gasteiger partial charge on any atom is -0.339 e. The summed E-state index contributed by atoms with van der Waals surface area (Å²) < 4.78 is 5.03. The molecule has 15 heavy (non-hydrogen) atoms. The van der Waals surface area contributed by atoms with E-state index in [0.29, 0.717) is 24.7 Å². The van der Waals surface area contributed by atoms with Crippen LogP contribution in [0.15, 0.2) is 4.52 Å². The van der Waals surface area contributed by atoms with E-state index in [0.717, 1.165) is 17.0 Å². The molecule has 0 fully saturated rings. The maximum absolute atomic E-state index is 5.39. The molecular weight excluding hydrogens is 194 g/mol. The lowest BCUT2D eigenvalue weighted by Gasteiger charge is -1.89. The summed E-state index contributed by atoms with van der Waals surface area (Å²) in [5.74, 6) is 1.06. The zero-order valence-electron chi connectivity index (χ0n) is 8.74. The SMILES string of the molecule is Cc1[nH]nc(-c2noc(CCN)n2)c1C. The Morgan fingerprint density at radius 3 is 2.80 bits per heavy atom. The molecule has 0 aromatic carbocycles. The van der Waals surface area contributed by atoms with Crippen LogP contribution in [0.3, 0.4) is 0 Å². The largest absolute Gasteiger partial charge is 0.339 e. The van der Waals surface area contributed by atoms with E-state index in [1.54, 1.807) is 0 Å². The van der Waals surface area contributed by atoms with Gasteiger partial charge in [-0.15, -0.1) is 0 Å². The number of aromatic nitrogens is 4. The third kappa shape index (κ3) is 1.75. The number of nitrogens with two attached hydrogens (primary N) is 1. The van der Waals surface area contributed by atoms with Crippen molar-refractivity contribution in [2.24, 2.45) is 5.73 Å². The smallest absolute Gasteiger partial charge is 0.228 e. The monoisotopic (exact) mass is 207 g/mol. The number of H-pyrrole nitrogens is 1. The summed E-state index contributed by atoms with van der Waals surface area (Å²) in [6.07, 6.45) is 0.593.